The monoisotopic (exact) mass is 251 g/mol. The molecule has 4 nitrogen and oxygen atoms in total. The summed E-state index contributed by atoms with van der Waals surface area (Å²) in [5.74, 6) is 2.91. The Balaban J connectivity index is 1.93. The molecule has 1 aliphatic rings. The van der Waals surface area contributed by atoms with Crippen LogP contribution in [0.4, 0.5) is 0 Å². The second-order valence-electron chi connectivity index (χ2n) is 6.62. The second kappa shape index (κ2) is 5.39. The van der Waals surface area contributed by atoms with Gasteiger partial charge in [0.2, 0.25) is 5.89 Å². The predicted molar refractivity (Wildman–Crippen MR) is 71.3 cm³/mol. The molecule has 2 rings (SSSR count). The van der Waals surface area contributed by atoms with Crippen LogP contribution < -0.4 is 5.32 Å². The van der Waals surface area contributed by atoms with Crippen LogP contribution in [0.3, 0.4) is 0 Å². The van der Waals surface area contributed by atoms with Crippen LogP contribution in [0.5, 0.6) is 0 Å². The highest BCUT2D eigenvalue weighted by Gasteiger charge is 2.24. The highest BCUT2D eigenvalue weighted by molar-refractivity contribution is 4.98. The Hall–Kier alpha value is -0.900. The topological polar surface area (TPSA) is 51.0 Å². The standard InChI is InChI=1S/C14H25N3O/c1-10-6-5-7-11(8-10)13-16-12(18-17-13)9-15-14(2,3)4/h10-11,15H,5-9H2,1-4H3. The van der Waals surface area contributed by atoms with Crippen LogP contribution in [0.25, 0.3) is 0 Å². The Morgan fingerprint density at radius 1 is 1.33 bits per heavy atom. The van der Waals surface area contributed by atoms with Gasteiger partial charge in [-0.3, -0.25) is 0 Å². The molecule has 2 atom stereocenters. The average Bonchev–Trinajstić information content (AvgIpc) is 2.74. The third-order valence-electron chi connectivity index (χ3n) is 3.56. The molecule has 1 N–H and O–H groups in total. The Labute approximate surface area is 110 Å². The summed E-state index contributed by atoms with van der Waals surface area (Å²) in [5, 5.41) is 7.52. The number of nitrogens with zero attached hydrogens (tertiary/aromatic N) is 2. The minimum absolute atomic E-state index is 0.0774. The zero-order valence-electron chi connectivity index (χ0n) is 12.0. The molecule has 1 aliphatic carbocycles. The first-order chi connectivity index (χ1) is 8.44. The number of nitrogens with one attached hydrogen (secondary N) is 1. The molecule has 1 heterocycles. The van der Waals surface area contributed by atoms with Crippen molar-refractivity contribution in [1.29, 1.82) is 0 Å². The molecule has 1 saturated carbocycles. The molecule has 4 heteroatoms. The lowest BCUT2D eigenvalue weighted by Crippen LogP contribution is -2.35. The molecule has 2 unspecified atom stereocenters. The van der Waals surface area contributed by atoms with Gasteiger partial charge in [-0.2, -0.15) is 4.98 Å². The first-order valence-corrected chi connectivity index (χ1v) is 7.01. The van der Waals surface area contributed by atoms with Gasteiger partial charge in [0.05, 0.1) is 6.54 Å². The maximum atomic E-state index is 5.32. The van der Waals surface area contributed by atoms with Crippen molar-refractivity contribution in [2.45, 2.75) is 71.4 Å². The average molecular weight is 251 g/mol. The number of hydrogen-bond acceptors (Lipinski definition) is 4. The first-order valence-electron chi connectivity index (χ1n) is 7.01. The van der Waals surface area contributed by atoms with Crippen LogP contribution in [0, 0.1) is 5.92 Å². The fourth-order valence-electron chi connectivity index (χ4n) is 2.52. The lowest BCUT2D eigenvalue weighted by molar-refractivity contribution is 0.312. The second-order valence-corrected chi connectivity index (χ2v) is 6.62. The third-order valence-corrected chi connectivity index (χ3v) is 3.56. The highest BCUT2D eigenvalue weighted by atomic mass is 16.5. The van der Waals surface area contributed by atoms with Gasteiger partial charge in [0, 0.05) is 11.5 Å². The van der Waals surface area contributed by atoms with Gasteiger partial charge in [0.25, 0.3) is 0 Å². The lowest BCUT2D eigenvalue weighted by atomic mass is 9.82. The summed E-state index contributed by atoms with van der Waals surface area (Å²) in [6.45, 7) is 9.36. The summed E-state index contributed by atoms with van der Waals surface area (Å²) in [5.41, 5.74) is 0.0774. The van der Waals surface area contributed by atoms with Crippen LogP contribution >= 0.6 is 0 Å². The van der Waals surface area contributed by atoms with Gasteiger partial charge in [-0.1, -0.05) is 24.9 Å². The fraction of sp³-hybridized carbons (Fsp3) is 0.857. The van der Waals surface area contributed by atoms with Crippen LogP contribution in [0.15, 0.2) is 4.52 Å². The summed E-state index contributed by atoms with van der Waals surface area (Å²) in [4.78, 5) is 4.53. The van der Waals surface area contributed by atoms with E-state index in [1.54, 1.807) is 0 Å². The van der Waals surface area contributed by atoms with E-state index in [1.807, 2.05) is 0 Å². The Bertz CT molecular complexity index is 381. The number of aromatic nitrogens is 2. The van der Waals surface area contributed by atoms with Gasteiger partial charge >= 0.3 is 0 Å². The van der Waals surface area contributed by atoms with Crippen LogP contribution in [0.2, 0.25) is 0 Å². The molecule has 102 valence electrons. The summed E-state index contributed by atoms with van der Waals surface area (Å²) in [7, 11) is 0. The largest absolute Gasteiger partial charge is 0.338 e. The molecule has 0 bridgehead atoms. The Morgan fingerprint density at radius 2 is 2.11 bits per heavy atom. The summed E-state index contributed by atoms with van der Waals surface area (Å²) in [6, 6.07) is 0. The molecule has 18 heavy (non-hydrogen) atoms. The van der Waals surface area contributed by atoms with E-state index in [9.17, 15) is 0 Å². The smallest absolute Gasteiger partial charge is 0.240 e. The molecule has 1 fully saturated rings. The van der Waals surface area contributed by atoms with Crippen LogP contribution in [0.1, 0.15) is 71.0 Å². The molecule has 0 aromatic carbocycles. The summed E-state index contributed by atoms with van der Waals surface area (Å²) < 4.78 is 5.32. The van der Waals surface area contributed by atoms with Crippen molar-refractivity contribution in [2.75, 3.05) is 0 Å². The van der Waals surface area contributed by atoms with Gasteiger partial charge in [-0.15, -0.1) is 0 Å². The number of hydrogen-bond donors (Lipinski definition) is 1. The molecular formula is C14H25N3O. The first kappa shape index (κ1) is 13.5. The molecule has 1 aromatic heterocycles. The van der Waals surface area contributed by atoms with E-state index in [0.717, 1.165) is 11.7 Å². The van der Waals surface area contributed by atoms with Gasteiger partial charge in [0.1, 0.15) is 0 Å². The molecule has 1 aromatic rings. The van der Waals surface area contributed by atoms with E-state index >= 15 is 0 Å². The minimum atomic E-state index is 0.0774. The summed E-state index contributed by atoms with van der Waals surface area (Å²) >= 11 is 0. The molecule has 0 radical (unpaired) electrons. The maximum absolute atomic E-state index is 5.32. The van der Waals surface area contributed by atoms with Crippen molar-refractivity contribution in [3.05, 3.63) is 11.7 Å². The predicted octanol–water partition coefficient (Wildman–Crippen LogP) is 3.25. The van der Waals surface area contributed by atoms with E-state index in [2.05, 4.69) is 43.2 Å². The van der Waals surface area contributed by atoms with Gasteiger partial charge in [0.15, 0.2) is 5.82 Å². The SMILES string of the molecule is CC1CCCC(c2noc(CNC(C)(C)C)n2)C1. The van der Waals surface area contributed by atoms with E-state index < -0.39 is 0 Å². The molecule has 0 aliphatic heterocycles. The Kier molecular flexibility index (Phi) is 4.05. The molecule has 0 spiro atoms. The zero-order chi connectivity index (χ0) is 13.2. The summed E-state index contributed by atoms with van der Waals surface area (Å²) in [6.07, 6.45) is 5.03. The number of rotatable bonds is 3. The fourth-order valence-corrected chi connectivity index (χ4v) is 2.52. The normalized spacial score (nSPS) is 25.3. The van der Waals surface area contributed by atoms with Crippen molar-refractivity contribution >= 4 is 0 Å². The minimum Gasteiger partial charge on any atom is -0.338 e. The van der Waals surface area contributed by atoms with Crippen LogP contribution in [-0.4, -0.2) is 15.7 Å². The van der Waals surface area contributed by atoms with Crippen molar-refractivity contribution in [3.8, 4) is 0 Å². The van der Waals surface area contributed by atoms with Crippen molar-refractivity contribution in [1.82, 2.24) is 15.5 Å². The maximum Gasteiger partial charge on any atom is 0.240 e. The zero-order valence-corrected chi connectivity index (χ0v) is 12.0. The van der Waals surface area contributed by atoms with E-state index in [0.29, 0.717) is 18.4 Å². The highest BCUT2D eigenvalue weighted by Crippen LogP contribution is 2.34. The van der Waals surface area contributed by atoms with Gasteiger partial charge in [-0.05, 0) is 39.5 Å². The van der Waals surface area contributed by atoms with E-state index in [1.165, 1.54) is 25.7 Å². The van der Waals surface area contributed by atoms with Crippen molar-refractivity contribution in [3.63, 3.8) is 0 Å². The van der Waals surface area contributed by atoms with E-state index in [-0.39, 0.29) is 5.54 Å². The van der Waals surface area contributed by atoms with Gasteiger partial charge < -0.3 is 9.84 Å². The lowest BCUT2D eigenvalue weighted by Gasteiger charge is -2.23. The molecular weight excluding hydrogens is 226 g/mol. The molecule has 0 saturated heterocycles. The van der Waals surface area contributed by atoms with Crippen LogP contribution in [-0.2, 0) is 6.54 Å². The molecule has 0 amide bonds. The Morgan fingerprint density at radius 3 is 2.78 bits per heavy atom. The van der Waals surface area contributed by atoms with Gasteiger partial charge in [-0.25, -0.2) is 0 Å². The van der Waals surface area contributed by atoms with E-state index in [4.69, 9.17) is 4.52 Å². The van der Waals surface area contributed by atoms with Crippen molar-refractivity contribution in [2.24, 2.45) is 5.92 Å². The third kappa shape index (κ3) is 3.80. The van der Waals surface area contributed by atoms with Crippen molar-refractivity contribution < 1.29 is 4.52 Å². The quantitative estimate of drug-likeness (QED) is 0.896.